The van der Waals surface area contributed by atoms with Crippen LogP contribution in [0.25, 0.3) is 20.8 Å². The lowest BCUT2D eigenvalue weighted by Gasteiger charge is -2.10. The Morgan fingerprint density at radius 3 is 2.81 bits per heavy atom. The molecule has 0 spiro atoms. The second-order valence-corrected chi connectivity index (χ2v) is 8.66. The van der Waals surface area contributed by atoms with Crippen molar-refractivity contribution in [3.8, 4) is 10.6 Å². The summed E-state index contributed by atoms with van der Waals surface area (Å²) in [5, 5.41) is 3.56. The molecule has 1 aliphatic rings. The van der Waals surface area contributed by atoms with Gasteiger partial charge in [-0.2, -0.15) is 0 Å². The van der Waals surface area contributed by atoms with Gasteiger partial charge in [0.1, 0.15) is 15.7 Å². The van der Waals surface area contributed by atoms with Gasteiger partial charge in [-0.1, -0.05) is 0 Å². The van der Waals surface area contributed by atoms with E-state index >= 15 is 0 Å². The number of rotatable bonds is 3. The van der Waals surface area contributed by atoms with E-state index in [1.165, 1.54) is 40.3 Å². The predicted molar refractivity (Wildman–Crippen MR) is 107 cm³/mol. The third-order valence-electron chi connectivity index (χ3n) is 4.92. The number of thiophene rings is 1. The van der Waals surface area contributed by atoms with E-state index in [0.717, 1.165) is 45.7 Å². The highest BCUT2D eigenvalue weighted by atomic mass is 32.1. The van der Waals surface area contributed by atoms with Gasteiger partial charge in [0.2, 0.25) is 0 Å². The van der Waals surface area contributed by atoms with Crippen molar-refractivity contribution in [1.82, 2.24) is 14.5 Å². The third kappa shape index (κ3) is 3.00. The number of aryl methyl sites for hydroxylation is 2. The van der Waals surface area contributed by atoms with Crippen LogP contribution in [0.15, 0.2) is 40.8 Å². The second-order valence-electron chi connectivity index (χ2n) is 6.72. The third-order valence-corrected chi connectivity index (χ3v) is 7.06. The minimum Gasteiger partial charge on any atom is -0.293 e. The number of thiazole rings is 1. The summed E-state index contributed by atoms with van der Waals surface area (Å²) in [6.45, 7) is 0.393. The fraction of sp³-hybridized carbons (Fsp3) is 0.250. The summed E-state index contributed by atoms with van der Waals surface area (Å²) in [7, 11) is 0. The van der Waals surface area contributed by atoms with Crippen LogP contribution in [0.3, 0.4) is 0 Å². The molecule has 1 aliphatic carbocycles. The van der Waals surface area contributed by atoms with Crippen LogP contribution in [-0.2, 0) is 19.4 Å². The van der Waals surface area contributed by atoms with Crippen molar-refractivity contribution in [1.29, 1.82) is 0 Å². The Kier molecular flexibility index (Phi) is 4.13. The predicted octanol–water partition coefficient (Wildman–Crippen LogP) is 4.65. The first kappa shape index (κ1) is 16.8. The van der Waals surface area contributed by atoms with Crippen LogP contribution >= 0.6 is 22.7 Å². The molecular weight excluding hydrogens is 381 g/mol. The van der Waals surface area contributed by atoms with Gasteiger partial charge in [0.25, 0.3) is 5.56 Å². The van der Waals surface area contributed by atoms with E-state index in [4.69, 9.17) is 0 Å². The molecule has 0 amide bonds. The average molecular weight is 398 g/mol. The molecule has 0 radical (unpaired) electrons. The monoisotopic (exact) mass is 397 g/mol. The van der Waals surface area contributed by atoms with Crippen LogP contribution in [0, 0.1) is 5.82 Å². The number of aromatic nitrogens is 3. The fourth-order valence-corrected chi connectivity index (χ4v) is 5.61. The first-order chi connectivity index (χ1) is 13.2. The molecule has 3 heterocycles. The van der Waals surface area contributed by atoms with Crippen LogP contribution in [-0.4, -0.2) is 14.5 Å². The minimum atomic E-state index is -0.263. The standard InChI is InChI=1S/C20H16FN3OS2/c21-13-7-5-12(6-8-13)18-23-14(10-26-18)9-24-11-22-19-17(20(24)25)15-3-1-2-4-16(15)27-19/h5-8,10-11H,1-4,9H2. The van der Waals surface area contributed by atoms with Gasteiger partial charge in [-0.15, -0.1) is 22.7 Å². The SMILES string of the molecule is O=c1c2c3c(sc2ncn1Cc1csc(-c2ccc(F)cc2)n1)CCCC3. The molecule has 3 aromatic heterocycles. The largest absolute Gasteiger partial charge is 0.293 e. The molecule has 5 rings (SSSR count). The quantitative estimate of drug-likeness (QED) is 0.506. The van der Waals surface area contributed by atoms with Crippen molar-refractivity contribution in [3.63, 3.8) is 0 Å². The zero-order chi connectivity index (χ0) is 18.4. The zero-order valence-corrected chi connectivity index (χ0v) is 16.1. The molecule has 7 heteroatoms. The van der Waals surface area contributed by atoms with Gasteiger partial charge >= 0.3 is 0 Å². The Hall–Kier alpha value is -2.38. The summed E-state index contributed by atoms with van der Waals surface area (Å²) in [5.74, 6) is -0.263. The number of halogens is 1. The number of hydrogen-bond donors (Lipinski definition) is 0. The van der Waals surface area contributed by atoms with Gasteiger partial charge in [0.15, 0.2) is 0 Å². The molecular formula is C20H16FN3OS2. The molecule has 27 heavy (non-hydrogen) atoms. The molecule has 0 atom stereocenters. The van der Waals surface area contributed by atoms with E-state index in [1.807, 2.05) is 5.38 Å². The van der Waals surface area contributed by atoms with Crippen LogP contribution in [0.5, 0.6) is 0 Å². The normalized spacial score (nSPS) is 13.8. The van der Waals surface area contributed by atoms with E-state index in [1.54, 1.807) is 34.4 Å². The van der Waals surface area contributed by atoms with Gasteiger partial charge in [-0.05, 0) is 55.5 Å². The molecule has 4 aromatic rings. The van der Waals surface area contributed by atoms with E-state index < -0.39 is 0 Å². The van der Waals surface area contributed by atoms with Crippen molar-refractivity contribution in [2.24, 2.45) is 0 Å². The summed E-state index contributed by atoms with van der Waals surface area (Å²) >= 11 is 3.16. The maximum atomic E-state index is 13.1. The first-order valence-corrected chi connectivity index (χ1v) is 10.6. The summed E-state index contributed by atoms with van der Waals surface area (Å²) < 4.78 is 14.7. The lowest BCUT2D eigenvalue weighted by molar-refractivity contribution is 0.628. The highest BCUT2D eigenvalue weighted by Gasteiger charge is 2.20. The molecule has 0 fully saturated rings. The van der Waals surface area contributed by atoms with E-state index in [0.29, 0.717) is 6.54 Å². The smallest absolute Gasteiger partial charge is 0.262 e. The molecule has 0 N–H and O–H groups in total. The topological polar surface area (TPSA) is 47.8 Å². The Labute approximate surface area is 163 Å². The maximum absolute atomic E-state index is 13.1. The van der Waals surface area contributed by atoms with E-state index in [-0.39, 0.29) is 11.4 Å². The Bertz CT molecular complexity index is 1190. The molecule has 0 bridgehead atoms. The first-order valence-electron chi connectivity index (χ1n) is 8.89. The molecule has 1 aromatic carbocycles. The van der Waals surface area contributed by atoms with E-state index in [9.17, 15) is 9.18 Å². The van der Waals surface area contributed by atoms with E-state index in [2.05, 4.69) is 9.97 Å². The maximum Gasteiger partial charge on any atom is 0.262 e. The van der Waals surface area contributed by atoms with Crippen LogP contribution in [0.4, 0.5) is 4.39 Å². The molecule has 0 saturated carbocycles. The number of benzene rings is 1. The van der Waals surface area contributed by atoms with Gasteiger partial charge in [-0.25, -0.2) is 14.4 Å². The van der Waals surface area contributed by atoms with Gasteiger partial charge in [-0.3, -0.25) is 9.36 Å². The number of fused-ring (bicyclic) bond motifs is 3. The van der Waals surface area contributed by atoms with Crippen molar-refractivity contribution in [2.75, 3.05) is 0 Å². The van der Waals surface area contributed by atoms with Crippen molar-refractivity contribution in [3.05, 3.63) is 68.3 Å². The molecule has 0 saturated heterocycles. The highest BCUT2D eigenvalue weighted by molar-refractivity contribution is 7.18. The Morgan fingerprint density at radius 1 is 1.15 bits per heavy atom. The van der Waals surface area contributed by atoms with Crippen LogP contribution in [0.1, 0.15) is 29.0 Å². The summed E-state index contributed by atoms with van der Waals surface area (Å²) in [5.41, 5.74) is 2.92. The van der Waals surface area contributed by atoms with Crippen molar-refractivity contribution < 1.29 is 4.39 Å². The summed E-state index contributed by atoms with van der Waals surface area (Å²) in [4.78, 5) is 24.4. The lowest BCUT2D eigenvalue weighted by atomic mass is 9.97. The Balaban J connectivity index is 1.49. The zero-order valence-electron chi connectivity index (χ0n) is 14.4. The van der Waals surface area contributed by atoms with Crippen molar-refractivity contribution >= 4 is 32.9 Å². The van der Waals surface area contributed by atoms with Gasteiger partial charge in [0, 0.05) is 15.8 Å². The number of hydrogen-bond acceptors (Lipinski definition) is 5. The Morgan fingerprint density at radius 2 is 1.96 bits per heavy atom. The number of nitrogens with zero attached hydrogens (tertiary/aromatic N) is 3. The van der Waals surface area contributed by atoms with Crippen LogP contribution in [0.2, 0.25) is 0 Å². The highest BCUT2D eigenvalue weighted by Crippen LogP contribution is 2.33. The molecule has 136 valence electrons. The lowest BCUT2D eigenvalue weighted by Crippen LogP contribution is -2.21. The molecule has 4 nitrogen and oxygen atoms in total. The fourth-order valence-electron chi connectivity index (χ4n) is 3.57. The van der Waals surface area contributed by atoms with Crippen LogP contribution < -0.4 is 5.56 Å². The molecule has 0 aliphatic heterocycles. The van der Waals surface area contributed by atoms with Gasteiger partial charge in [0.05, 0.1) is 24.0 Å². The summed E-state index contributed by atoms with van der Waals surface area (Å²) in [6.07, 6.45) is 5.99. The second kappa shape index (κ2) is 6.65. The van der Waals surface area contributed by atoms with Crippen molar-refractivity contribution in [2.45, 2.75) is 32.2 Å². The minimum absolute atomic E-state index is 0.0238. The summed E-state index contributed by atoms with van der Waals surface area (Å²) in [6, 6.07) is 6.29. The average Bonchev–Trinajstić information content (AvgIpc) is 3.29. The van der Waals surface area contributed by atoms with Gasteiger partial charge < -0.3 is 0 Å². The molecule has 0 unspecified atom stereocenters.